The van der Waals surface area contributed by atoms with Crippen LogP contribution in [0.5, 0.6) is 0 Å². The highest BCUT2D eigenvalue weighted by atomic mass is 79.9. The molecular formula is C21H18BrClFNO2. The molecule has 0 bridgehead atoms. The fourth-order valence-corrected chi connectivity index (χ4v) is 4.99. The topological polar surface area (TPSA) is 42.2 Å². The molecule has 3 nitrogen and oxygen atoms in total. The molecule has 2 aromatic carbocycles. The van der Waals surface area contributed by atoms with Crippen LogP contribution < -0.4 is 0 Å². The van der Waals surface area contributed by atoms with Gasteiger partial charge in [0.15, 0.2) is 0 Å². The number of benzene rings is 2. The van der Waals surface area contributed by atoms with Gasteiger partial charge in [-0.25, -0.2) is 4.39 Å². The van der Waals surface area contributed by atoms with Gasteiger partial charge in [-0.15, -0.1) is 0 Å². The van der Waals surface area contributed by atoms with Crippen molar-refractivity contribution in [1.29, 1.82) is 0 Å². The van der Waals surface area contributed by atoms with Gasteiger partial charge in [0.05, 0.1) is 11.4 Å². The second-order valence-corrected chi connectivity index (χ2v) is 8.41. The largest absolute Gasteiger partial charge is 0.481 e. The number of carboxylic acids is 1. The summed E-state index contributed by atoms with van der Waals surface area (Å²) in [7, 11) is 0. The van der Waals surface area contributed by atoms with Crippen molar-refractivity contribution in [3.63, 3.8) is 0 Å². The van der Waals surface area contributed by atoms with Crippen molar-refractivity contribution in [2.75, 3.05) is 0 Å². The number of carbonyl (C=O) groups is 1. The fourth-order valence-electron chi connectivity index (χ4n) is 4.21. The Morgan fingerprint density at radius 3 is 2.74 bits per heavy atom. The Bertz CT molecular complexity index is 1040. The van der Waals surface area contributed by atoms with Crippen LogP contribution in [0.1, 0.15) is 36.1 Å². The summed E-state index contributed by atoms with van der Waals surface area (Å²) in [5.41, 5.74) is 3.98. The number of fused-ring (bicyclic) bond motifs is 3. The molecule has 3 aromatic rings. The second-order valence-electron chi connectivity index (χ2n) is 7.12. The van der Waals surface area contributed by atoms with Crippen LogP contribution in [0.15, 0.2) is 40.9 Å². The molecule has 0 amide bonds. The third-order valence-electron chi connectivity index (χ3n) is 5.53. The van der Waals surface area contributed by atoms with E-state index in [4.69, 9.17) is 11.6 Å². The molecule has 1 aliphatic heterocycles. The second kappa shape index (κ2) is 6.95. The van der Waals surface area contributed by atoms with Crippen molar-refractivity contribution in [2.45, 2.75) is 32.2 Å². The average Bonchev–Trinajstić information content (AvgIpc) is 3.16. The maximum absolute atomic E-state index is 14.1. The molecule has 1 aliphatic rings. The smallest absolute Gasteiger partial charge is 0.306 e. The Hall–Kier alpha value is -1.85. The van der Waals surface area contributed by atoms with Gasteiger partial charge in [0.1, 0.15) is 5.82 Å². The summed E-state index contributed by atoms with van der Waals surface area (Å²) >= 11 is 9.53. The van der Waals surface area contributed by atoms with Crippen LogP contribution in [0.3, 0.4) is 0 Å². The van der Waals surface area contributed by atoms with Crippen molar-refractivity contribution in [1.82, 2.24) is 4.57 Å². The number of aryl methyl sites for hydroxylation is 1. The lowest BCUT2D eigenvalue weighted by Gasteiger charge is -2.17. The highest BCUT2D eigenvalue weighted by Crippen LogP contribution is 2.45. The molecule has 0 radical (unpaired) electrons. The predicted molar refractivity (Wildman–Crippen MR) is 108 cm³/mol. The van der Waals surface area contributed by atoms with Crippen molar-refractivity contribution in [3.05, 3.63) is 68.5 Å². The van der Waals surface area contributed by atoms with E-state index in [1.54, 1.807) is 13.0 Å². The van der Waals surface area contributed by atoms with Gasteiger partial charge in [0, 0.05) is 33.0 Å². The third-order valence-corrected chi connectivity index (χ3v) is 6.41. The molecule has 4 rings (SSSR count). The minimum atomic E-state index is -0.804. The van der Waals surface area contributed by atoms with Gasteiger partial charge < -0.3 is 9.67 Å². The fraction of sp³-hybridized carbons (Fsp3) is 0.286. The molecule has 0 fully saturated rings. The molecule has 1 N–H and O–H groups in total. The first kappa shape index (κ1) is 18.5. The number of aromatic nitrogens is 1. The number of nitrogens with zero attached hydrogens (tertiary/aromatic N) is 1. The lowest BCUT2D eigenvalue weighted by atomic mass is 9.86. The summed E-state index contributed by atoms with van der Waals surface area (Å²) in [5.74, 6) is -1.70. The van der Waals surface area contributed by atoms with Crippen LogP contribution in [0, 0.1) is 11.7 Å². The van der Waals surface area contributed by atoms with Crippen molar-refractivity contribution >= 4 is 44.4 Å². The molecule has 140 valence electrons. The Kier molecular flexibility index (Phi) is 4.77. The minimum Gasteiger partial charge on any atom is -0.481 e. The first-order valence-corrected chi connectivity index (χ1v) is 10.0. The summed E-state index contributed by atoms with van der Waals surface area (Å²) in [6.45, 7) is 2.45. The molecule has 0 aliphatic carbocycles. The molecule has 2 atom stereocenters. The number of hydrogen-bond donors (Lipinski definition) is 1. The quantitative estimate of drug-likeness (QED) is 0.530. The van der Waals surface area contributed by atoms with E-state index < -0.39 is 11.9 Å². The molecule has 0 spiro atoms. The highest BCUT2D eigenvalue weighted by Gasteiger charge is 2.36. The standard InChI is InChI=1S/C21H18BrClFNO2/c1-11(21(26)27)15-6-7-25-18-10-14(24)9-17(22)19(18)16(20(15)25)8-12-2-4-13(23)5-3-12/h2-5,9-11,15H,6-8H2,1H3,(H,26,27). The van der Waals surface area contributed by atoms with Gasteiger partial charge in [-0.3, -0.25) is 4.79 Å². The van der Waals surface area contributed by atoms with Crippen LogP contribution in [-0.2, 0) is 17.8 Å². The first-order valence-electron chi connectivity index (χ1n) is 8.84. The normalized spacial score (nSPS) is 17.3. The van der Waals surface area contributed by atoms with Crippen molar-refractivity contribution < 1.29 is 14.3 Å². The summed E-state index contributed by atoms with van der Waals surface area (Å²) in [4.78, 5) is 11.6. The molecule has 0 saturated heterocycles. The Morgan fingerprint density at radius 1 is 1.37 bits per heavy atom. The Balaban J connectivity index is 1.94. The van der Waals surface area contributed by atoms with Gasteiger partial charge in [-0.2, -0.15) is 0 Å². The Labute approximate surface area is 169 Å². The molecule has 27 heavy (non-hydrogen) atoms. The average molecular weight is 451 g/mol. The van der Waals surface area contributed by atoms with E-state index in [2.05, 4.69) is 20.5 Å². The van der Waals surface area contributed by atoms with Crippen LogP contribution in [-0.4, -0.2) is 15.6 Å². The summed E-state index contributed by atoms with van der Waals surface area (Å²) in [6.07, 6.45) is 1.39. The van der Waals surface area contributed by atoms with Gasteiger partial charge in [0.2, 0.25) is 0 Å². The van der Waals surface area contributed by atoms with Gasteiger partial charge >= 0.3 is 5.97 Å². The molecule has 1 aromatic heterocycles. The summed E-state index contributed by atoms with van der Waals surface area (Å²) < 4.78 is 16.9. The molecular weight excluding hydrogens is 433 g/mol. The number of hydrogen-bond acceptors (Lipinski definition) is 1. The van der Waals surface area contributed by atoms with Crippen LogP contribution >= 0.6 is 27.5 Å². The van der Waals surface area contributed by atoms with Crippen LogP contribution in [0.2, 0.25) is 5.02 Å². The predicted octanol–water partition coefficient (Wildman–Crippen LogP) is 6.00. The van der Waals surface area contributed by atoms with E-state index in [0.29, 0.717) is 22.5 Å². The van der Waals surface area contributed by atoms with E-state index in [1.165, 1.54) is 6.07 Å². The maximum Gasteiger partial charge on any atom is 0.306 e. The zero-order valence-electron chi connectivity index (χ0n) is 14.7. The van der Waals surface area contributed by atoms with E-state index in [9.17, 15) is 14.3 Å². The maximum atomic E-state index is 14.1. The molecule has 6 heteroatoms. The number of rotatable bonds is 4. The van der Waals surface area contributed by atoms with Crippen LogP contribution in [0.4, 0.5) is 4.39 Å². The van der Waals surface area contributed by atoms with Gasteiger partial charge in [0.25, 0.3) is 0 Å². The third kappa shape index (κ3) is 3.17. The van der Waals surface area contributed by atoms with E-state index in [1.807, 2.05) is 24.3 Å². The SMILES string of the molecule is CC(C(=O)O)C1CCn2c1c(Cc1ccc(Cl)cc1)c1c(Br)cc(F)cc12. The summed E-state index contributed by atoms with van der Waals surface area (Å²) in [5, 5.41) is 11.2. The zero-order valence-corrected chi connectivity index (χ0v) is 17.0. The molecule has 2 heterocycles. The highest BCUT2D eigenvalue weighted by molar-refractivity contribution is 9.10. The number of aliphatic carboxylic acids is 1. The lowest BCUT2D eigenvalue weighted by molar-refractivity contribution is -0.141. The number of carboxylic acid groups (broad SMARTS) is 1. The van der Waals surface area contributed by atoms with Crippen LogP contribution in [0.25, 0.3) is 10.9 Å². The Morgan fingerprint density at radius 2 is 2.07 bits per heavy atom. The van der Waals surface area contributed by atoms with E-state index >= 15 is 0 Å². The van der Waals surface area contributed by atoms with E-state index in [-0.39, 0.29) is 11.7 Å². The minimum absolute atomic E-state index is 0.0906. The van der Waals surface area contributed by atoms with Gasteiger partial charge in [-0.1, -0.05) is 30.7 Å². The molecule has 0 saturated carbocycles. The number of halogens is 3. The van der Waals surface area contributed by atoms with Crippen molar-refractivity contribution in [2.24, 2.45) is 5.92 Å². The monoisotopic (exact) mass is 449 g/mol. The van der Waals surface area contributed by atoms with Gasteiger partial charge in [-0.05, 0) is 64.2 Å². The molecule has 2 unspecified atom stereocenters. The summed E-state index contributed by atoms with van der Waals surface area (Å²) in [6, 6.07) is 10.7. The van der Waals surface area contributed by atoms with Crippen molar-refractivity contribution in [3.8, 4) is 0 Å². The zero-order chi connectivity index (χ0) is 19.3. The first-order chi connectivity index (χ1) is 12.9. The van der Waals surface area contributed by atoms with E-state index in [0.717, 1.165) is 34.1 Å². The lowest BCUT2D eigenvalue weighted by Crippen LogP contribution is -2.18.